The molecule has 7 aromatic rings. The molecule has 12 heterocycles. The Morgan fingerprint density at radius 1 is 0.460 bits per heavy atom. The first kappa shape index (κ1) is 87.6. The number of phosphoric ester groups is 4. The van der Waals surface area contributed by atoms with Gasteiger partial charge < -0.3 is 88.1 Å². The second-order valence-corrected chi connectivity index (χ2v) is 37.0. The molecule has 3 aromatic heterocycles. The molecule has 4 saturated heterocycles. The molecular weight excluding hydrogens is 1980 g/mol. The van der Waals surface area contributed by atoms with Crippen molar-refractivity contribution in [3.8, 4) is 23.0 Å². The van der Waals surface area contributed by atoms with Gasteiger partial charge in [-0.25, -0.2) is 35.8 Å². The number of nitrogens with one attached hydrogen (secondary N) is 4. The molecule has 0 aliphatic carbocycles. The van der Waals surface area contributed by atoms with Crippen LogP contribution in [0.1, 0.15) is 49.1 Å². The van der Waals surface area contributed by atoms with Gasteiger partial charge in [0, 0.05) is 67.1 Å². The minimum atomic E-state index is -4.84. The number of rotatable bonds is 16. The summed E-state index contributed by atoms with van der Waals surface area (Å²) in [5, 5.41) is 84.4. The molecule has 40 nitrogen and oxygen atoms in total. The third-order valence-corrected chi connectivity index (χ3v) is 25.7. The molecule has 0 spiro atoms. The number of amides is 1. The molecule has 0 saturated carbocycles. The number of aromatic amines is 3. The SMILES string of the molecule is O=c1[nH]c(=S)n([C@@H]2O[C@](F)(COP3(=O)OCc4cc(Cl)ccc4O3)[C@@H](O)[C@H]2O)cc1Cl.[2H]C([2H])(OP1(=O)OCc2cc(Cl)ccc2O1)[C@@]1(F)O[C@@H](n2cc(Cl)c(=O)[nH]c2=S)[C@H](O)[C@@H]1O.[2H]C([2H])(OP1(=O)OCc2cc(Cl)ccc2O1)[C@@]1(F)O[C@@]([2H])(N2C=C(Cl)C(=O)NC2=C)[C@H](O)[C@@H]1O.[2H][C@@]1(n2cc(Cl)c(=O)[nH]c2=S)O[C@](F)(COP2(=O)OCc3cc(Cl)ccc3O2)[C@@H](O)[C@H]1O. The number of alkyl halides is 4. The third-order valence-electron chi connectivity index (χ3n) is 17.8. The fraction of sp³-hybridized carbons (Fsp3) is 0.369. The molecule has 124 heavy (non-hydrogen) atoms. The maximum absolute atomic E-state index is 15.9. The Kier molecular flexibility index (Phi) is 26.3. The van der Waals surface area contributed by atoms with E-state index in [1.54, 1.807) is 6.07 Å². The number of nitrogens with zero attached hydrogens (tertiary/aromatic N) is 4. The quantitative estimate of drug-likeness (QED) is 0.0243. The Bertz CT molecular complexity index is 6370. The highest BCUT2D eigenvalue weighted by molar-refractivity contribution is 7.71. The summed E-state index contributed by atoms with van der Waals surface area (Å²) >= 11 is 61.2. The van der Waals surface area contributed by atoms with E-state index in [2.05, 4.69) is 26.8 Å². The lowest BCUT2D eigenvalue weighted by Crippen LogP contribution is -2.47. The lowest BCUT2D eigenvalue weighted by atomic mass is 10.1. The normalized spacial score (nSPS) is 35.3. The summed E-state index contributed by atoms with van der Waals surface area (Å²) in [5.41, 5.74) is -0.542. The number of halogens is 12. The van der Waals surface area contributed by atoms with Crippen molar-refractivity contribution in [2.24, 2.45) is 0 Å². The van der Waals surface area contributed by atoms with Crippen molar-refractivity contribution in [2.45, 2.75) is 124 Å². The van der Waals surface area contributed by atoms with Crippen molar-refractivity contribution >= 4 is 167 Å². The van der Waals surface area contributed by atoms with Crippen molar-refractivity contribution < 1.29 is 163 Å². The zero-order valence-corrected chi connectivity index (χ0v) is 72.7. The van der Waals surface area contributed by atoms with Crippen molar-refractivity contribution in [2.75, 3.05) is 26.3 Å². The van der Waals surface area contributed by atoms with Crippen molar-refractivity contribution in [3.63, 3.8) is 0 Å². The molecule has 0 bridgehead atoms. The first-order valence-corrected chi connectivity index (χ1v) is 44.1. The van der Waals surface area contributed by atoms with Crippen molar-refractivity contribution in [3.05, 3.63) is 218 Å². The number of fused-ring (bicyclic) bond motifs is 4. The Balaban J connectivity index is 0.000000148. The van der Waals surface area contributed by atoms with Crippen LogP contribution in [-0.4, -0.2) is 185 Å². The predicted molar refractivity (Wildman–Crippen MR) is 426 cm³/mol. The molecule has 672 valence electrons. The van der Waals surface area contributed by atoms with Gasteiger partial charge in [-0.2, -0.15) is 0 Å². The summed E-state index contributed by atoms with van der Waals surface area (Å²) in [6.07, 6.45) is -24.1. The van der Waals surface area contributed by atoms with E-state index in [1.165, 1.54) is 66.7 Å². The molecular formula is C65H58Cl8F4N8O32P4S3. The largest absolute Gasteiger partial charge is 0.530 e. The molecule has 4 fully saturated rings. The fourth-order valence-corrected chi connectivity index (χ4v) is 18.3. The van der Waals surface area contributed by atoms with Crippen LogP contribution in [0, 0.1) is 14.3 Å². The summed E-state index contributed by atoms with van der Waals surface area (Å²) in [4.78, 5) is 53.3. The van der Waals surface area contributed by atoms with Gasteiger partial charge in [-0.05, 0) is 109 Å². The van der Waals surface area contributed by atoms with Crippen LogP contribution >= 0.6 is 161 Å². The van der Waals surface area contributed by atoms with Crippen molar-refractivity contribution in [1.29, 1.82) is 0 Å². The van der Waals surface area contributed by atoms with Gasteiger partial charge in [0.05, 0.1) is 34.7 Å². The number of ether oxygens (including phenoxy) is 4. The van der Waals surface area contributed by atoms with Crippen molar-refractivity contribution in [1.82, 2.24) is 38.9 Å². The predicted octanol–water partition coefficient (Wildman–Crippen LogP) is 10.7. The van der Waals surface area contributed by atoms with Gasteiger partial charge in [-0.1, -0.05) is 99.4 Å². The van der Waals surface area contributed by atoms with E-state index in [0.717, 1.165) is 33.9 Å². The molecule has 9 aliphatic rings. The van der Waals surface area contributed by atoms with Gasteiger partial charge in [-0.3, -0.25) is 84.0 Å². The first-order chi connectivity index (χ1) is 60.3. The summed E-state index contributed by atoms with van der Waals surface area (Å²) < 4.78 is 244. The Morgan fingerprint density at radius 2 is 0.758 bits per heavy atom. The van der Waals surface area contributed by atoms with E-state index in [4.69, 9.17) is 211 Å². The summed E-state index contributed by atoms with van der Waals surface area (Å²) in [6.45, 7) is -7.59. The number of aliphatic hydroxyl groups is 8. The number of carbonyl (C=O) groups is 1. The Hall–Kier alpha value is -5.71. The van der Waals surface area contributed by atoms with Crippen LogP contribution in [0.25, 0.3) is 0 Å². The van der Waals surface area contributed by atoms with E-state index in [0.29, 0.717) is 51.8 Å². The zero-order chi connectivity index (χ0) is 95.6. The van der Waals surface area contributed by atoms with Crippen LogP contribution in [0.5, 0.6) is 23.0 Å². The molecule has 12 N–H and O–H groups in total. The molecule has 0 radical (unpaired) electrons. The lowest BCUT2D eigenvalue weighted by Gasteiger charge is -2.33. The van der Waals surface area contributed by atoms with Crippen LogP contribution in [-0.2, 0) is 105 Å². The number of hydrogen-bond donors (Lipinski definition) is 12. The standard InChI is InChI=1S/C17H16Cl2FN2O8P.3C16H14Cl2FN2O8PS/c1-8-21-15(25)11(19)5-22(8)16-13(23)14(24)17(20,29-16)7-28-31(26)27-6-9-4-10(18)2-3-12(9)30-31;3*17-8-1-2-10-7(3-8)5-26-30(25,29-10)27-6-16(19)12(23)11(22)14(28-16)21-4-9(18)13(24)20-15(21)31/h2-5,13-14,16,23-24H,1,6-7H2,(H,21,25);3*1-4,11-12,14,22-23H,5-6H2,(H,20,24,31)/t13-,14+,16-,17-,31?;3*11-,12+,14-,16-,30?/m1111/s1/i7D2,16D;14D;6D2;. The van der Waals surface area contributed by atoms with E-state index in [1.807, 2.05) is 0 Å². The average molecular weight is 2050 g/mol. The average Bonchev–Trinajstić information content (AvgIpc) is 1.55. The van der Waals surface area contributed by atoms with E-state index >= 15 is 17.6 Å². The zero-order valence-electron chi connectivity index (χ0n) is 66.7. The molecule has 16 rings (SSSR count). The second-order valence-electron chi connectivity index (χ2n) is 26.2. The Labute approximate surface area is 754 Å². The smallest absolute Gasteiger partial charge is 0.404 e. The maximum Gasteiger partial charge on any atom is 0.530 e. The highest BCUT2D eigenvalue weighted by Crippen LogP contribution is 2.61. The van der Waals surface area contributed by atoms with Gasteiger partial charge in [0.2, 0.25) is 0 Å². The van der Waals surface area contributed by atoms with Crippen LogP contribution in [0.2, 0.25) is 35.2 Å². The van der Waals surface area contributed by atoms with Gasteiger partial charge in [0.25, 0.3) is 46.0 Å². The van der Waals surface area contributed by atoms with Gasteiger partial charge >= 0.3 is 31.3 Å². The molecule has 4 unspecified atom stereocenters. The lowest BCUT2D eigenvalue weighted by molar-refractivity contribution is -0.208. The molecule has 59 heteroatoms. The monoisotopic (exact) mass is 2040 g/mol. The van der Waals surface area contributed by atoms with Gasteiger partial charge in [0.15, 0.2) is 39.2 Å². The molecule has 9 aliphatic heterocycles. The summed E-state index contributed by atoms with van der Waals surface area (Å²) in [7, 11) is -18.2. The maximum atomic E-state index is 15.9. The topological polar surface area (TPSA) is 524 Å². The number of aliphatic hydroxyl groups excluding tert-OH is 8. The molecule has 20 atom stereocenters. The first-order valence-electron chi connectivity index (χ1n) is 37.0. The van der Waals surface area contributed by atoms with E-state index in [9.17, 15) is 78.3 Å². The minimum absolute atomic E-state index is 0.00215. The molecule has 4 aromatic carbocycles. The van der Waals surface area contributed by atoms with E-state index < -0.39 is 210 Å². The third kappa shape index (κ3) is 20.5. The minimum Gasteiger partial charge on any atom is -0.404 e. The number of H-pyrrole nitrogens is 3. The number of phosphoric acid groups is 4. The van der Waals surface area contributed by atoms with Gasteiger partial charge in [-0.15, -0.1) is 0 Å². The van der Waals surface area contributed by atoms with Crippen LogP contribution in [0.4, 0.5) is 17.6 Å². The van der Waals surface area contributed by atoms with Crippen LogP contribution in [0.15, 0.2) is 129 Å². The fourth-order valence-electron chi connectivity index (χ4n) is 11.5. The highest BCUT2D eigenvalue weighted by atomic mass is 35.5. The Morgan fingerprint density at radius 3 is 1.15 bits per heavy atom. The second kappa shape index (κ2) is 37.3. The van der Waals surface area contributed by atoms with E-state index in [-0.39, 0.29) is 57.4 Å². The number of carbonyl (C=O) groups excluding carboxylic acids is 1. The number of benzene rings is 4. The summed E-state index contributed by atoms with van der Waals surface area (Å²) in [6, 6.07) is 17.2. The number of hydrogen-bond acceptors (Lipinski definition) is 36. The highest BCUT2D eigenvalue weighted by Gasteiger charge is 2.62. The van der Waals surface area contributed by atoms with Gasteiger partial charge in [0.1, 0.15) is 124 Å². The van der Waals surface area contributed by atoms with Crippen LogP contribution < -0.4 is 40.1 Å². The molecule has 1 amide bonds. The summed E-state index contributed by atoms with van der Waals surface area (Å²) in [5.74, 6) is -15.0. The van der Waals surface area contributed by atoms with Crippen LogP contribution in [0.3, 0.4) is 0 Å². The number of aromatic nitrogens is 6.